The first-order valence-electron chi connectivity index (χ1n) is 9.25. The molecule has 7 heteroatoms. The van der Waals surface area contributed by atoms with Crippen molar-refractivity contribution in [2.45, 2.75) is 20.3 Å². The van der Waals surface area contributed by atoms with E-state index < -0.39 is 5.92 Å². The van der Waals surface area contributed by atoms with Crippen molar-refractivity contribution in [1.82, 2.24) is 4.98 Å². The second-order valence-corrected chi connectivity index (χ2v) is 7.94. The Labute approximate surface area is 167 Å². The van der Waals surface area contributed by atoms with Gasteiger partial charge in [-0.25, -0.2) is 4.98 Å². The maximum atomic E-state index is 12.8. The lowest BCUT2D eigenvalue weighted by Crippen LogP contribution is -2.28. The fourth-order valence-electron chi connectivity index (χ4n) is 3.42. The summed E-state index contributed by atoms with van der Waals surface area (Å²) in [6.45, 7) is 4.73. The van der Waals surface area contributed by atoms with Gasteiger partial charge in [0, 0.05) is 18.7 Å². The molecule has 2 heterocycles. The Kier molecular flexibility index (Phi) is 5.00. The number of ether oxygens (including phenoxy) is 1. The van der Waals surface area contributed by atoms with Gasteiger partial charge in [0.15, 0.2) is 0 Å². The number of benzene rings is 2. The summed E-state index contributed by atoms with van der Waals surface area (Å²) in [5, 5.41) is 3.90. The van der Waals surface area contributed by atoms with E-state index in [9.17, 15) is 9.59 Å². The minimum absolute atomic E-state index is 0.0513. The number of aryl methyl sites for hydroxylation is 1. The van der Waals surface area contributed by atoms with Gasteiger partial charge in [-0.15, -0.1) is 11.3 Å². The summed E-state index contributed by atoms with van der Waals surface area (Å²) in [7, 11) is 0. The third-order valence-corrected chi connectivity index (χ3v) is 5.68. The second kappa shape index (κ2) is 7.59. The number of amides is 2. The Hall–Kier alpha value is -2.93. The lowest BCUT2D eigenvalue weighted by molar-refractivity contribution is -0.122. The van der Waals surface area contributed by atoms with Gasteiger partial charge in [-0.05, 0) is 44.2 Å². The maximum Gasteiger partial charge on any atom is 0.229 e. The molecule has 1 aliphatic rings. The number of rotatable bonds is 5. The van der Waals surface area contributed by atoms with Crippen LogP contribution in [0.2, 0.25) is 0 Å². The zero-order valence-electron chi connectivity index (χ0n) is 15.8. The smallest absolute Gasteiger partial charge is 0.229 e. The number of aromatic nitrogens is 1. The van der Waals surface area contributed by atoms with E-state index in [1.165, 1.54) is 0 Å². The number of nitrogens with zero attached hydrogens (tertiary/aromatic N) is 2. The van der Waals surface area contributed by atoms with E-state index in [-0.39, 0.29) is 18.2 Å². The van der Waals surface area contributed by atoms with Crippen molar-refractivity contribution < 1.29 is 14.3 Å². The number of anilines is 2. The molecule has 144 valence electrons. The van der Waals surface area contributed by atoms with E-state index in [1.54, 1.807) is 22.3 Å². The van der Waals surface area contributed by atoms with E-state index in [1.807, 2.05) is 50.2 Å². The largest absolute Gasteiger partial charge is 0.492 e. The first kappa shape index (κ1) is 18.4. The van der Waals surface area contributed by atoms with Gasteiger partial charge in [-0.3, -0.25) is 9.59 Å². The van der Waals surface area contributed by atoms with Crippen molar-refractivity contribution in [2.75, 3.05) is 23.4 Å². The lowest BCUT2D eigenvalue weighted by atomic mass is 10.1. The molecule has 1 atom stereocenters. The lowest BCUT2D eigenvalue weighted by Gasteiger charge is -2.17. The summed E-state index contributed by atoms with van der Waals surface area (Å²) in [5.74, 6) is -0.00272. The van der Waals surface area contributed by atoms with Crippen molar-refractivity contribution in [1.29, 1.82) is 0 Å². The number of nitrogens with one attached hydrogen (secondary N) is 1. The number of para-hydroxylation sites is 2. The molecule has 3 aromatic rings. The summed E-state index contributed by atoms with van der Waals surface area (Å²) in [5.41, 5.74) is 2.29. The van der Waals surface area contributed by atoms with Crippen molar-refractivity contribution in [2.24, 2.45) is 5.92 Å². The van der Waals surface area contributed by atoms with E-state index in [0.29, 0.717) is 24.6 Å². The summed E-state index contributed by atoms with van der Waals surface area (Å²) >= 11 is 1.63. The SMILES string of the molecule is CCOc1ccccc1NC(=O)C1CC(=O)N(c2ccc3sc(C)nc3c2)C1. The summed E-state index contributed by atoms with van der Waals surface area (Å²) < 4.78 is 6.65. The Morgan fingerprint density at radius 3 is 2.96 bits per heavy atom. The summed E-state index contributed by atoms with van der Waals surface area (Å²) in [6.07, 6.45) is 0.191. The summed E-state index contributed by atoms with van der Waals surface area (Å²) in [4.78, 5) is 31.5. The zero-order valence-corrected chi connectivity index (χ0v) is 16.6. The van der Waals surface area contributed by atoms with Gasteiger partial charge in [0.25, 0.3) is 0 Å². The number of carbonyl (C=O) groups is 2. The minimum Gasteiger partial charge on any atom is -0.492 e. The molecule has 0 spiro atoms. The zero-order chi connectivity index (χ0) is 19.7. The van der Waals surface area contributed by atoms with Crippen LogP contribution in [0.3, 0.4) is 0 Å². The van der Waals surface area contributed by atoms with Crippen LogP contribution in [0.5, 0.6) is 5.75 Å². The molecule has 0 saturated carbocycles. The summed E-state index contributed by atoms with van der Waals surface area (Å²) in [6, 6.07) is 13.1. The number of hydrogen-bond acceptors (Lipinski definition) is 5. The van der Waals surface area contributed by atoms with Crippen LogP contribution >= 0.6 is 11.3 Å². The van der Waals surface area contributed by atoms with Crippen LogP contribution in [-0.4, -0.2) is 29.9 Å². The average Bonchev–Trinajstić information content (AvgIpc) is 3.24. The second-order valence-electron chi connectivity index (χ2n) is 6.71. The van der Waals surface area contributed by atoms with Crippen molar-refractivity contribution in [3.05, 3.63) is 47.5 Å². The van der Waals surface area contributed by atoms with Crippen LogP contribution in [0, 0.1) is 12.8 Å². The van der Waals surface area contributed by atoms with Crippen LogP contribution in [0.4, 0.5) is 11.4 Å². The fraction of sp³-hybridized carbons (Fsp3) is 0.286. The molecule has 0 aliphatic carbocycles. The molecular formula is C21H21N3O3S. The molecule has 0 bridgehead atoms. The highest BCUT2D eigenvalue weighted by Gasteiger charge is 2.35. The van der Waals surface area contributed by atoms with E-state index >= 15 is 0 Å². The molecule has 1 aromatic heterocycles. The molecule has 2 aromatic carbocycles. The molecule has 28 heavy (non-hydrogen) atoms. The number of fused-ring (bicyclic) bond motifs is 1. The molecule has 0 radical (unpaired) electrons. The monoisotopic (exact) mass is 395 g/mol. The molecule has 2 amide bonds. The van der Waals surface area contributed by atoms with Gasteiger partial charge in [0.2, 0.25) is 11.8 Å². The first-order valence-corrected chi connectivity index (χ1v) is 10.1. The van der Waals surface area contributed by atoms with Gasteiger partial charge in [0.05, 0.1) is 33.4 Å². The molecule has 4 rings (SSSR count). The fourth-order valence-corrected chi connectivity index (χ4v) is 4.23. The van der Waals surface area contributed by atoms with Gasteiger partial charge in [-0.2, -0.15) is 0 Å². The number of hydrogen-bond donors (Lipinski definition) is 1. The predicted octanol–water partition coefficient (Wildman–Crippen LogP) is 4.00. The molecule has 1 N–H and O–H groups in total. The quantitative estimate of drug-likeness (QED) is 0.709. The van der Waals surface area contributed by atoms with Crippen LogP contribution in [0.15, 0.2) is 42.5 Å². The molecule has 1 aliphatic heterocycles. The van der Waals surface area contributed by atoms with E-state index in [2.05, 4.69) is 10.3 Å². The van der Waals surface area contributed by atoms with Gasteiger partial charge in [-0.1, -0.05) is 12.1 Å². The average molecular weight is 395 g/mol. The third-order valence-electron chi connectivity index (χ3n) is 4.73. The Bertz CT molecular complexity index is 1050. The van der Waals surface area contributed by atoms with Crippen LogP contribution in [0.25, 0.3) is 10.2 Å². The normalized spacial score (nSPS) is 16.6. The van der Waals surface area contributed by atoms with Crippen molar-refractivity contribution >= 4 is 44.7 Å². The highest BCUT2D eigenvalue weighted by molar-refractivity contribution is 7.18. The molecule has 1 unspecified atom stereocenters. The molecule has 6 nitrogen and oxygen atoms in total. The third kappa shape index (κ3) is 3.57. The van der Waals surface area contributed by atoms with Crippen molar-refractivity contribution in [3.8, 4) is 5.75 Å². The Morgan fingerprint density at radius 2 is 2.14 bits per heavy atom. The van der Waals surface area contributed by atoms with Gasteiger partial charge < -0.3 is 15.0 Å². The topological polar surface area (TPSA) is 71.5 Å². The van der Waals surface area contributed by atoms with E-state index in [4.69, 9.17) is 4.74 Å². The van der Waals surface area contributed by atoms with Crippen LogP contribution < -0.4 is 15.0 Å². The van der Waals surface area contributed by atoms with Crippen molar-refractivity contribution in [3.63, 3.8) is 0 Å². The Balaban J connectivity index is 1.50. The minimum atomic E-state index is -0.407. The predicted molar refractivity (Wildman–Crippen MR) is 111 cm³/mol. The molecule has 1 saturated heterocycles. The standard InChI is InChI=1S/C21H21N3O3S/c1-3-27-18-7-5-4-6-16(18)23-21(26)14-10-20(25)24(12-14)15-8-9-19-17(11-15)22-13(2)28-19/h4-9,11,14H,3,10,12H2,1-2H3,(H,23,26). The number of thiazole rings is 1. The van der Waals surface area contributed by atoms with Gasteiger partial charge >= 0.3 is 0 Å². The first-order chi connectivity index (χ1) is 13.5. The van der Waals surface area contributed by atoms with Crippen LogP contribution in [-0.2, 0) is 9.59 Å². The van der Waals surface area contributed by atoms with Gasteiger partial charge in [0.1, 0.15) is 5.75 Å². The van der Waals surface area contributed by atoms with E-state index in [0.717, 1.165) is 20.9 Å². The molecule has 1 fully saturated rings. The molecular weight excluding hydrogens is 374 g/mol. The van der Waals surface area contributed by atoms with Crippen LogP contribution in [0.1, 0.15) is 18.4 Å². The highest BCUT2D eigenvalue weighted by atomic mass is 32.1. The highest BCUT2D eigenvalue weighted by Crippen LogP contribution is 2.31. The number of carbonyl (C=O) groups excluding carboxylic acids is 2. The Morgan fingerprint density at radius 1 is 1.32 bits per heavy atom. The maximum absolute atomic E-state index is 12.8.